The fraction of sp³-hybridized carbons (Fsp3) is 0.574. The van der Waals surface area contributed by atoms with E-state index < -0.39 is 12.1 Å². The van der Waals surface area contributed by atoms with Crippen LogP contribution in [0.25, 0.3) is 0 Å². The Morgan fingerprint density at radius 1 is 0.540 bits per heavy atom. The molecule has 0 aliphatic carbocycles. The first-order chi connectivity index (χ1) is 30.2. The molecule has 0 aliphatic rings. The standard InChI is InChI=1S/C44H68N4O6.3CO2/c1-7-9-26-38(49)48(42(35(5)6)43(52)45-29-10-8-2)32-20-27-39(50)47(31-18-17-23-36-21-13-11-14-22-36)41(34(3)4)44(53)46-30-19-28-40(51)54-33-37-24-15-12-16-25-37;3*2-1-3/h11-16,21-22,24-25,34-35,41-42H,7-10,17-20,23,26-33H2,1-6H3,(H,45,52)(H,46,53);;;. The molecule has 0 fully saturated rings. The minimum Gasteiger partial charge on any atom is -0.461 e. The van der Waals surface area contributed by atoms with E-state index in [1.165, 1.54) is 5.56 Å². The van der Waals surface area contributed by atoms with Crippen LogP contribution in [0.1, 0.15) is 123 Å². The van der Waals surface area contributed by atoms with Gasteiger partial charge in [0.1, 0.15) is 18.7 Å². The molecule has 16 heteroatoms. The molecular weight excluding hydrogens is 813 g/mol. The van der Waals surface area contributed by atoms with Crippen LogP contribution in [0.5, 0.6) is 0 Å². The molecule has 0 heterocycles. The fourth-order valence-corrected chi connectivity index (χ4v) is 6.57. The van der Waals surface area contributed by atoms with E-state index >= 15 is 0 Å². The summed E-state index contributed by atoms with van der Waals surface area (Å²) < 4.78 is 5.38. The molecule has 0 saturated heterocycles. The van der Waals surface area contributed by atoms with Crippen molar-refractivity contribution in [1.82, 2.24) is 20.4 Å². The van der Waals surface area contributed by atoms with Gasteiger partial charge in [-0.15, -0.1) is 0 Å². The van der Waals surface area contributed by atoms with E-state index in [9.17, 15) is 24.0 Å². The van der Waals surface area contributed by atoms with Crippen molar-refractivity contribution in [3.05, 3.63) is 71.8 Å². The third-order valence-electron chi connectivity index (χ3n) is 9.53. The average Bonchev–Trinajstić information content (AvgIpc) is 3.25. The monoisotopic (exact) mass is 880 g/mol. The van der Waals surface area contributed by atoms with E-state index in [2.05, 4.69) is 29.7 Å². The lowest BCUT2D eigenvalue weighted by Crippen LogP contribution is -2.54. The van der Waals surface area contributed by atoms with Gasteiger partial charge in [-0.3, -0.25) is 24.0 Å². The van der Waals surface area contributed by atoms with Crippen LogP contribution in [-0.4, -0.2) is 96.1 Å². The van der Waals surface area contributed by atoms with Crippen molar-refractivity contribution in [2.75, 3.05) is 26.2 Å². The Kier molecular flexibility index (Phi) is 36.4. The Bertz CT molecular complexity index is 1640. The van der Waals surface area contributed by atoms with E-state index in [1.54, 1.807) is 9.80 Å². The molecule has 2 unspecified atom stereocenters. The number of nitrogens with zero attached hydrogens (tertiary/aromatic N) is 2. The minimum absolute atomic E-state index is 0.0743. The second-order valence-electron chi connectivity index (χ2n) is 15.1. The molecule has 16 nitrogen and oxygen atoms in total. The van der Waals surface area contributed by atoms with Gasteiger partial charge in [-0.2, -0.15) is 28.8 Å². The maximum Gasteiger partial charge on any atom is 0.373 e. The molecule has 2 aromatic rings. The summed E-state index contributed by atoms with van der Waals surface area (Å²) in [7, 11) is 0. The van der Waals surface area contributed by atoms with Gasteiger partial charge in [0.2, 0.25) is 23.6 Å². The highest BCUT2D eigenvalue weighted by molar-refractivity contribution is 5.89. The first-order valence-electron chi connectivity index (χ1n) is 21.6. The molecule has 2 N–H and O–H groups in total. The van der Waals surface area contributed by atoms with Gasteiger partial charge in [0, 0.05) is 45.4 Å². The molecule has 2 aromatic carbocycles. The lowest BCUT2D eigenvalue weighted by molar-refractivity contribution is -0.193. The molecule has 2 rings (SSSR count). The number of hydrogen-bond donors (Lipinski definition) is 2. The number of esters is 1. The smallest absolute Gasteiger partial charge is 0.373 e. The fourth-order valence-electron chi connectivity index (χ4n) is 6.57. The zero-order valence-corrected chi connectivity index (χ0v) is 37.9. The van der Waals surface area contributed by atoms with Crippen molar-refractivity contribution in [1.29, 1.82) is 0 Å². The van der Waals surface area contributed by atoms with Gasteiger partial charge in [-0.1, -0.05) is 115 Å². The highest BCUT2D eigenvalue weighted by Gasteiger charge is 2.34. The van der Waals surface area contributed by atoms with Crippen LogP contribution in [0, 0.1) is 11.8 Å². The second kappa shape index (κ2) is 38.8. The highest BCUT2D eigenvalue weighted by atomic mass is 16.5. The third kappa shape index (κ3) is 28.2. The van der Waals surface area contributed by atoms with Gasteiger partial charge in [-0.25, -0.2) is 0 Å². The lowest BCUT2D eigenvalue weighted by Gasteiger charge is -2.35. The number of benzene rings is 2. The van der Waals surface area contributed by atoms with Crippen molar-refractivity contribution in [3.63, 3.8) is 0 Å². The van der Waals surface area contributed by atoms with Crippen LogP contribution in [0.4, 0.5) is 0 Å². The van der Waals surface area contributed by atoms with E-state index in [1.807, 2.05) is 83.1 Å². The predicted octanol–water partition coefficient (Wildman–Crippen LogP) is 5.49. The normalized spacial score (nSPS) is 10.9. The average molecular weight is 881 g/mol. The van der Waals surface area contributed by atoms with Crippen LogP contribution in [0.3, 0.4) is 0 Å². The number of hydrogen-bond acceptors (Lipinski definition) is 12. The van der Waals surface area contributed by atoms with Crippen molar-refractivity contribution < 1.29 is 57.5 Å². The summed E-state index contributed by atoms with van der Waals surface area (Å²) >= 11 is 0. The maximum absolute atomic E-state index is 14.1. The number of carbonyl (C=O) groups excluding carboxylic acids is 11. The number of rotatable bonds is 27. The minimum atomic E-state index is -0.700. The Morgan fingerprint density at radius 2 is 0.952 bits per heavy atom. The highest BCUT2D eigenvalue weighted by Crippen LogP contribution is 2.19. The number of ether oxygens (including phenoxy) is 1. The molecule has 348 valence electrons. The van der Waals surface area contributed by atoms with Gasteiger partial charge < -0.3 is 25.2 Å². The summed E-state index contributed by atoms with van der Waals surface area (Å²) in [6.45, 7) is 13.6. The van der Waals surface area contributed by atoms with Crippen LogP contribution < -0.4 is 10.6 Å². The van der Waals surface area contributed by atoms with Crippen molar-refractivity contribution in [2.24, 2.45) is 11.8 Å². The van der Waals surface area contributed by atoms with Gasteiger partial charge >= 0.3 is 24.4 Å². The number of nitrogens with one attached hydrogen (secondary N) is 2. The van der Waals surface area contributed by atoms with Crippen molar-refractivity contribution in [3.8, 4) is 0 Å². The van der Waals surface area contributed by atoms with Crippen molar-refractivity contribution >= 4 is 48.1 Å². The molecule has 0 saturated carbocycles. The largest absolute Gasteiger partial charge is 0.461 e. The Labute approximate surface area is 372 Å². The third-order valence-corrected chi connectivity index (χ3v) is 9.53. The summed E-state index contributed by atoms with van der Waals surface area (Å²) in [5, 5.41) is 5.99. The zero-order chi connectivity index (χ0) is 47.8. The Balaban J connectivity index is 0. The topological polar surface area (TPSA) is 228 Å². The molecular formula is C47H68N4O12. The number of carbonyl (C=O) groups is 5. The van der Waals surface area contributed by atoms with E-state index in [-0.39, 0.29) is 92.4 Å². The Hall–Kier alpha value is -6.07. The first kappa shape index (κ1) is 59.0. The summed E-state index contributed by atoms with van der Waals surface area (Å²) in [5.74, 6) is -1.23. The summed E-state index contributed by atoms with van der Waals surface area (Å²) in [5.41, 5.74) is 2.14. The van der Waals surface area contributed by atoms with Crippen LogP contribution in [0.15, 0.2) is 60.7 Å². The van der Waals surface area contributed by atoms with Crippen LogP contribution >= 0.6 is 0 Å². The van der Waals surface area contributed by atoms with Crippen molar-refractivity contribution in [2.45, 2.75) is 137 Å². The van der Waals surface area contributed by atoms with Gasteiger partial charge in [-0.05, 0) is 67.9 Å². The van der Waals surface area contributed by atoms with Gasteiger partial charge in [0.05, 0.1) is 0 Å². The SMILES string of the molecule is CCCCNC(=O)C(C(C)C)N(CCCC(=O)N(CCCCc1ccccc1)C(C(=O)NCCCC(=O)OCc1ccccc1)C(C)C)C(=O)CCCC.O=C=O.O=C=O.O=C=O. The molecule has 0 spiro atoms. The molecule has 63 heavy (non-hydrogen) atoms. The van der Waals surface area contributed by atoms with Crippen LogP contribution in [0.2, 0.25) is 0 Å². The predicted molar refractivity (Wildman–Crippen MR) is 230 cm³/mol. The van der Waals surface area contributed by atoms with Gasteiger partial charge in [0.15, 0.2) is 0 Å². The quantitative estimate of drug-likeness (QED) is 0.0839. The molecule has 4 amide bonds. The molecule has 0 aliphatic heterocycles. The Morgan fingerprint density at radius 3 is 1.40 bits per heavy atom. The number of unbranched alkanes of at least 4 members (excludes halogenated alkanes) is 3. The van der Waals surface area contributed by atoms with E-state index in [0.717, 1.165) is 50.5 Å². The molecule has 0 bridgehead atoms. The lowest BCUT2D eigenvalue weighted by atomic mass is 9.98. The van der Waals surface area contributed by atoms with Gasteiger partial charge in [0.25, 0.3) is 0 Å². The van der Waals surface area contributed by atoms with Crippen LogP contribution in [-0.2, 0) is 70.5 Å². The first-order valence-corrected chi connectivity index (χ1v) is 21.6. The molecule has 2 atom stereocenters. The maximum atomic E-state index is 14.1. The summed E-state index contributed by atoms with van der Waals surface area (Å²) in [4.78, 5) is 119. The second-order valence-corrected chi connectivity index (χ2v) is 15.1. The van der Waals surface area contributed by atoms with E-state index in [0.29, 0.717) is 32.4 Å². The number of aryl methyl sites for hydroxylation is 1. The summed E-state index contributed by atoms with van der Waals surface area (Å²) in [6, 6.07) is 18.4. The molecule has 0 aromatic heterocycles. The molecule has 0 radical (unpaired) electrons. The zero-order valence-electron chi connectivity index (χ0n) is 37.9. The van der Waals surface area contributed by atoms with E-state index in [4.69, 9.17) is 33.5 Å². The number of amides is 4. The summed E-state index contributed by atoms with van der Waals surface area (Å²) in [6.07, 6.45) is 8.06.